The Morgan fingerprint density at radius 1 is 1.33 bits per heavy atom. The zero-order valence-corrected chi connectivity index (χ0v) is 15.1. The molecule has 2 rings (SSSR count). The van der Waals surface area contributed by atoms with Gasteiger partial charge in [-0.3, -0.25) is 0 Å². The fraction of sp³-hybridized carbons (Fsp3) is 0.286. The van der Waals surface area contributed by atoms with E-state index in [1.54, 1.807) is 0 Å². The maximum Gasteiger partial charge on any atom is 0.0690 e. The number of hydrogen-bond donors (Lipinski definition) is 1. The predicted molar refractivity (Wildman–Crippen MR) is 91.6 cm³/mol. The minimum Gasteiger partial charge on any atom is -0.309 e. The highest BCUT2D eigenvalue weighted by atomic mass is 127. The lowest BCUT2D eigenvalue weighted by molar-refractivity contribution is 0.697. The summed E-state index contributed by atoms with van der Waals surface area (Å²) < 4.78 is 2.54. The van der Waals surface area contributed by atoms with E-state index >= 15 is 0 Å². The Bertz CT molecular complexity index is 565. The van der Waals surface area contributed by atoms with E-state index in [1.165, 1.54) is 28.9 Å². The zero-order chi connectivity index (χ0) is 13.3. The van der Waals surface area contributed by atoms with E-state index in [2.05, 4.69) is 82.0 Å². The molecule has 1 aromatic carbocycles. The molecule has 96 valence electrons. The van der Waals surface area contributed by atoms with Gasteiger partial charge < -0.3 is 5.32 Å². The van der Waals surface area contributed by atoms with Crippen LogP contribution in [-0.4, -0.2) is 7.05 Å². The molecule has 0 fully saturated rings. The molecule has 4 heteroatoms. The molecule has 0 spiro atoms. The van der Waals surface area contributed by atoms with E-state index in [0.717, 1.165) is 0 Å². The van der Waals surface area contributed by atoms with E-state index in [0.29, 0.717) is 0 Å². The molecule has 1 aromatic heterocycles. The second-order valence-corrected chi connectivity index (χ2v) is 7.49. The summed E-state index contributed by atoms with van der Waals surface area (Å²) >= 11 is 7.95. The number of nitrogens with one attached hydrogen (secondary N) is 1. The maximum absolute atomic E-state index is 3.67. The Labute approximate surface area is 134 Å². The van der Waals surface area contributed by atoms with Crippen LogP contribution in [0.5, 0.6) is 0 Å². The van der Waals surface area contributed by atoms with Crippen molar-refractivity contribution in [3.63, 3.8) is 0 Å². The summed E-state index contributed by atoms with van der Waals surface area (Å²) in [4.78, 5) is 2.68. The van der Waals surface area contributed by atoms with Crippen molar-refractivity contribution in [2.24, 2.45) is 0 Å². The van der Waals surface area contributed by atoms with Crippen LogP contribution in [0.1, 0.15) is 26.9 Å². The summed E-state index contributed by atoms with van der Waals surface area (Å²) in [6.45, 7) is 4.31. The van der Waals surface area contributed by atoms with Gasteiger partial charge in [-0.2, -0.15) is 0 Å². The Balaban J connectivity index is 2.52. The van der Waals surface area contributed by atoms with Gasteiger partial charge in [0.05, 0.1) is 6.04 Å². The monoisotopic (exact) mass is 435 g/mol. The second-order valence-electron chi connectivity index (χ2n) is 4.27. The minimum atomic E-state index is 0.255. The number of hydrogen-bond acceptors (Lipinski definition) is 2. The van der Waals surface area contributed by atoms with E-state index in [1.807, 2.05) is 18.4 Å². The van der Waals surface area contributed by atoms with Crippen molar-refractivity contribution < 1.29 is 0 Å². The molecular weight excluding hydrogens is 421 g/mol. The van der Waals surface area contributed by atoms with Crippen molar-refractivity contribution >= 4 is 49.9 Å². The Morgan fingerprint density at radius 2 is 2.06 bits per heavy atom. The lowest BCUT2D eigenvalue weighted by Gasteiger charge is -2.18. The van der Waals surface area contributed by atoms with Crippen molar-refractivity contribution in [1.29, 1.82) is 0 Å². The Morgan fingerprint density at radius 3 is 2.61 bits per heavy atom. The van der Waals surface area contributed by atoms with E-state index in [4.69, 9.17) is 0 Å². The number of thiophene rings is 1. The first-order chi connectivity index (χ1) is 8.54. The van der Waals surface area contributed by atoms with Gasteiger partial charge in [0, 0.05) is 17.8 Å². The normalized spacial score (nSPS) is 12.7. The van der Waals surface area contributed by atoms with E-state index < -0.39 is 0 Å². The van der Waals surface area contributed by atoms with Gasteiger partial charge in [-0.1, -0.05) is 18.2 Å². The van der Waals surface area contributed by atoms with Gasteiger partial charge in [0.1, 0.15) is 0 Å². The standard InChI is InChI=1S/C14H15BrINS/c1-8-5-4-6-10(12(8)16)13(17-3)14-11(15)7-9(2)18-14/h4-7,13,17H,1-3H3. The molecule has 0 aliphatic carbocycles. The zero-order valence-electron chi connectivity index (χ0n) is 10.6. The van der Waals surface area contributed by atoms with Crippen molar-refractivity contribution in [2.45, 2.75) is 19.9 Å². The van der Waals surface area contributed by atoms with Gasteiger partial charge in [-0.15, -0.1) is 11.3 Å². The summed E-state index contributed by atoms with van der Waals surface area (Å²) in [5.41, 5.74) is 2.68. The highest BCUT2D eigenvalue weighted by Gasteiger charge is 2.20. The van der Waals surface area contributed by atoms with Crippen LogP contribution in [0.3, 0.4) is 0 Å². The summed E-state index contributed by atoms with van der Waals surface area (Å²) in [7, 11) is 2.02. The Kier molecular flexibility index (Phi) is 4.86. The van der Waals surface area contributed by atoms with Crippen LogP contribution < -0.4 is 5.32 Å². The van der Waals surface area contributed by atoms with Crippen LogP contribution in [0.2, 0.25) is 0 Å². The van der Waals surface area contributed by atoms with Gasteiger partial charge in [-0.05, 0) is 76.6 Å². The third-order valence-corrected chi connectivity index (χ3v) is 6.43. The molecule has 0 amide bonds. The third-order valence-electron chi connectivity index (χ3n) is 2.92. The summed E-state index contributed by atoms with van der Waals surface area (Å²) in [5, 5.41) is 3.43. The molecule has 18 heavy (non-hydrogen) atoms. The highest BCUT2D eigenvalue weighted by molar-refractivity contribution is 14.1. The third kappa shape index (κ3) is 2.81. The maximum atomic E-state index is 3.67. The van der Waals surface area contributed by atoms with Crippen molar-refractivity contribution in [3.05, 3.63) is 53.2 Å². The number of halogens is 2. The molecule has 1 heterocycles. The lowest BCUT2D eigenvalue weighted by Crippen LogP contribution is -2.18. The van der Waals surface area contributed by atoms with E-state index in [-0.39, 0.29) is 6.04 Å². The number of benzene rings is 1. The first-order valence-corrected chi connectivity index (χ1v) is 8.41. The van der Waals surface area contributed by atoms with E-state index in [9.17, 15) is 0 Å². The van der Waals surface area contributed by atoms with Crippen LogP contribution in [0, 0.1) is 17.4 Å². The van der Waals surface area contributed by atoms with Crippen LogP contribution in [0.4, 0.5) is 0 Å². The summed E-state index contributed by atoms with van der Waals surface area (Å²) in [6, 6.07) is 8.94. The summed E-state index contributed by atoms with van der Waals surface area (Å²) in [6.07, 6.45) is 0. The molecule has 1 atom stereocenters. The molecule has 1 nitrogen and oxygen atoms in total. The molecular formula is C14H15BrINS. The minimum absolute atomic E-state index is 0.255. The fourth-order valence-electron chi connectivity index (χ4n) is 2.02. The van der Waals surface area contributed by atoms with Crippen molar-refractivity contribution in [2.75, 3.05) is 7.05 Å². The first-order valence-electron chi connectivity index (χ1n) is 5.72. The summed E-state index contributed by atoms with van der Waals surface area (Å²) in [5.74, 6) is 0. The largest absolute Gasteiger partial charge is 0.309 e. The molecule has 1 N–H and O–H groups in total. The van der Waals surface area contributed by atoms with Crippen LogP contribution in [0.25, 0.3) is 0 Å². The average Bonchev–Trinajstić information content (AvgIpc) is 2.65. The number of rotatable bonds is 3. The van der Waals surface area contributed by atoms with Crippen LogP contribution >= 0.6 is 49.9 Å². The molecule has 0 saturated heterocycles. The highest BCUT2D eigenvalue weighted by Crippen LogP contribution is 2.37. The molecule has 1 unspecified atom stereocenters. The SMILES string of the molecule is CNC(c1cccc(C)c1I)c1sc(C)cc1Br. The van der Waals surface area contributed by atoms with Gasteiger partial charge in [0.25, 0.3) is 0 Å². The van der Waals surface area contributed by atoms with Crippen molar-refractivity contribution in [1.82, 2.24) is 5.32 Å². The van der Waals surface area contributed by atoms with Crippen LogP contribution in [-0.2, 0) is 0 Å². The van der Waals surface area contributed by atoms with Gasteiger partial charge in [0.2, 0.25) is 0 Å². The Hall–Kier alpha value is 0.0900. The predicted octanol–water partition coefficient (Wildman–Crippen LogP) is 5.04. The fourth-order valence-corrected chi connectivity index (χ4v) is 4.70. The topological polar surface area (TPSA) is 12.0 Å². The molecule has 0 saturated carbocycles. The molecule has 0 aliphatic rings. The smallest absolute Gasteiger partial charge is 0.0690 e. The lowest BCUT2D eigenvalue weighted by atomic mass is 10.0. The quantitative estimate of drug-likeness (QED) is 0.666. The van der Waals surface area contributed by atoms with Crippen molar-refractivity contribution in [3.8, 4) is 0 Å². The molecule has 2 aromatic rings. The van der Waals surface area contributed by atoms with Gasteiger partial charge in [0.15, 0.2) is 0 Å². The van der Waals surface area contributed by atoms with Crippen LogP contribution in [0.15, 0.2) is 28.7 Å². The second kappa shape index (κ2) is 6.03. The van der Waals surface area contributed by atoms with Gasteiger partial charge in [-0.25, -0.2) is 0 Å². The molecule has 0 aliphatic heterocycles. The molecule has 0 bridgehead atoms. The first kappa shape index (κ1) is 14.5. The van der Waals surface area contributed by atoms with Gasteiger partial charge >= 0.3 is 0 Å². The molecule has 0 radical (unpaired) electrons. The number of aryl methyl sites for hydroxylation is 2. The average molecular weight is 436 g/mol.